The summed E-state index contributed by atoms with van der Waals surface area (Å²) in [6.45, 7) is 1.23. The average Bonchev–Trinajstić information content (AvgIpc) is 2.90. The van der Waals surface area contributed by atoms with E-state index in [0.29, 0.717) is 19.6 Å². The Morgan fingerprint density at radius 3 is 2.86 bits per heavy atom. The Kier molecular flexibility index (Phi) is 5.78. The van der Waals surface area contributed by atoms with Crippen LogP contribution < -0.4 is 0 Å². The molecular weight excluding hydrogens is 290 g/mol. The highest BCUT2D eigenvalue weighted by molar-refractivity contribution is 7.89. The molecule has 0 aliphatic carbocycles. The van der Waals surface area contributed by atoms with Crippen molar-refractivity contribution in [3.8, 4) is 0 Å². The van der Waals surface area contributed by atoms with Crippen LogP contribution in [0.1, 0.15) is 43.8 Å². The van der Waals surface area contributed by atoms with E-state index in [1.165, 1.54) is 0 Å². The lowest BCUT2D eigenvalue weighted by molar-refractivity contribution is 0.194. The van der Waals surface area contributed by atoms with E-state index in [1.54, 1.807) is 22.3 Å². The van der Waals surface area contributed by atoms with Crippen LogP contribution in [0.3, 0.4) is 0 Å². The predicted octanol–water partition coefficient (Wildman–Crippen LogP) is 1.70. The molecule has 1 saturated heterocycles. The molecule has 2 heterocycles. The third kappa shape index (κ3) is 4.05. The number of aromatic nitrogens is 2. The Hall–Kier alpha value is -0.920. The van der Waals surface area contributed by atoms with Crippen molar-refractivity contribution < 1.29 is 13.2 Å². The Balaban J connectivity index is 2.09. The molecule has 1 aromatic rings. The highest BCUT2D eigenvalue weighted by Crippen LogP contribution is 2.33. The average molecular weight is 315 g/mol. The maximum absolute atomic E-state index is 12.6. The van der Waals surface area contributed by atoms with Crippen LogP contribution in [-0.4, -0.2) is 48.5 Å². The molecule has 0 radical (unpaired) electrons. The van der Waals surface area contributed by atoms with E-state index >= 15 is 0 Å². The molecule has 1 aliphatic rings. The van der Waals surface area contributed by atoms with E-state index in [0.717, 1.165) is 31.4 Å². The summed E-state index contributed by atoms with van der Waals surface area (Å²) >= 11 is 0. The molecule has 2 rings (SSSR count). The zero-order chi connectivity index (χ0) is 15.3. The van der Waals surface area contributed by atoms with Crippen molar-refractivity contribution in [2.45, 2.75) is 38.1 Å². The van der Waals surface area contributed by atoms with Gasteiger partial charge in [-0.3, -0.25) is 4.68 Å². The van der Waals surface area contributed by atoms with Gasteiger partial charge in [0.05, 0.1) is 17.5 Å². The number of rotatable bonds is 7. The van der Waals surface area contributed by atoms with E-state index < -0.39 is 10.0 Å². The van der Waals surface area contributed by atoms with Gasteiger partial charge in [0.25, 0.3) is 0 Å². The number of unbranched alkanes of at least 4 members (excludes halogenated alkanes) is 1. The van der Waals surface area contributed by atoms with Gasteiger partial charge in [0.1, 0.15) is 0 Å². The third-order valence-corrected chi connectivity index (χ3v) is 5.97. The fourth-order valence-corrected chi connectivity index (χ4v) is 4.70. The molecule has 0 spiro atoms. The van der Waals surface area contributed by atoms with Crippen LogP contribution in [0, 0.1) is 0 Å². The lowest BCUT2D eigenvalue weighted by Crippen LogP contribution is -2.40. The lowest BCUT2D eigenvalue weighted by Gasteiger charge is -2.34. The number of ether oxygens (including phenoxy) is 1. The molecule has 120 valence electrons. The monoisotopic (exact) mass is 315 g/mol. The summed E-state index contributed by atoms with van der Waals surface area (Å²) < 4.78 is 33.7. The normalized spacial score (nSPS) is 20.8. The first kappa shape index (κ1) is 16.5. The van der Waals surface area contributed by atoms with E-state index in [-0.39, 0.29) is 11.8 Å². The second-order valence-corrected chi connectivity index (χ2v) is 7.56. The highest BCUT2D eigenvalue weighted by Gasteiger charge is 2.34. The third-order valence-electron chi connectivity index (χ3n) is 4.01. The van der Waals surface area contributed by atoms with Crippen molar-refractivity contribution in [2.24, 2.45) is 7.05 Å². The molecule has 1 atom stereocenters. The smallest absolute Gasteiger partial charge is 0.214 e. The summed E-state index contributed by atoms with van der Waals surface area (Å²) in [5.41, 5.74) is 0.982. The van der Waals surface area contributed by atoms with Gasteiger partial charge >= 0.3 is 0 Å². The van der Waals surface area contributed by atoms with Crippen molar-refractivity contribution in [1.29, 1.82) is 0 Å². The molecule has 0 saturated carbocycles. The van der Waals surface area contributed by atoms with Gasteiger partial charge < -0.3 is 4.74 Å². The zero-order valence-corrected chi connectivity index (χ0v) is 13.7. The molecule has 1 unspecified atom stereocenters. The van der Waals surface area contributed by atoms with Crippen LogP contribution in [0.4, 0.5) is 0 Å². The van der Waals surface area contributed by atoms with E-state index in [2.05, 4.69) is 5.10 Å². The number of aryl methyl sites for hydroxylation is 1. The van der Waals surface area contributed by atoms with Gasteiger partial charge in [0.15, 0.2) is 0 Å². The molecule has 0 aromatic carbocycles. The van der Waals surface area contributed by atoms with E-state index in [9.17, 15) is 8.42 Å². The summed E-state index contributed by atoms with van der Waals surface area (Å²) in [7, 11) is 0.286. The van der Waals surface area contributed by atoms with Gasteiger partial charge in [-0.2, -0.15) is 9.40 Å². The van der Waals surface area contributed by atoms with Crippen molar-refractivity contribution in [3.05, 3.63) is 18.0 Å². The molecule has 7 heteroatoms. The summed E-state index contributed by atoms with van der Waals surface area (Å²) in [4.78, 5) is 0. The van der Waals surface area contributed by atoms with Gasteiger partial charge in [-0.25, -0.2) is 8.42 Å². The SMILES string of the molecule is COCCCCS(=O)(=O)N1CCCCC1c1ccnn1C. The molecule has 0 N–H and O–H groups in total. The zero-order valence-electron chi connectivity index (χ0n) is 12.9. The quantitative estimate of drug-likeness (QED) is 0.719. The van der Waals surface area contributed by atoms with Gasteiger partial charge in [-0.1, -0.05) is 6.42 Å². The van der Waals surface area contributed by atoms with Crippen LogP contribution in [-0.2, 0) is 21.8 Å². The van der Waals surface area contributed by atoms with E-state index in [1.807, 2.05) is 13.1 Å². The summed E-state index contributed by atoms with van der Waals surface area (Å²) in [5.74, 6) is 0.199. The number of sulfonamides is 1. The van der Waals surface area contributed by atoms with Gasteiger partial charge in [0, 0.05) is 33.5 Å². The molecule has 1 fully saturated rings. The van der Waals surface area contributed by atoms with Crippen molar-refractivity contribution in [3.63, 3.8) is 0 Å². The van der Waals surface area contributed by atoms with Crippen molar-refractivity contribution in [1.82, 2.24) is 14.1 Å². The number of methoxy groups -OCH3 is 1. The molecule has 0 bridgehead atoms. The Labute approximate surface area is 127 Å². The van der Waals surface area contributed by atoms with Crippen molar-refractivity contribution >= 4 is 10.0 Å². The summed E-state index contributed by atoms with van der Waals surface area (Å²) in [6, 6.07) is 1.85. The van der Waals surface area contributed by atoms with Gasteiger partial charge in [-0.05, 0) is 31.7 Å². The Morgan fingerprint density at radius 1 is 1.38 bits per heavy atom. The highest BCUT2D eigenvalue weighted by atomic mass is 32.2. The number of nitrogens with zero attached hydrogens (tertiary/aromatic N) is 3. The molecule has 0 amide bonds. The fourth-order valence-electron chi connectivity index (χ4n) is 2.89. The topological polar surface area (TPSA) is 64.4 Å². The minimum atomic E-state index is -3.22. The van der Waals surface area contributed by atoms with Crippen LogP contribution >= 0.6 is 0 Å². The maximum atomic E-state index is 12.6. The molecule has 21 heavy (non-hydrogen) atoms. The summed E-state index contributed by atoms with van der Waals surface area (Å²) in [5, 5.41) is 4.17. The molecule has 6 nitrogen and oxygen atoms in total. The van der Waals surface area contributed by atoms with Crippen LogP contribution in [0.2, 0.25) is 0 Å². The fraction of sp³-hybridized carbons (Fsp3) is 0.786. The largest absolute Gasteiger partial charge is 0.385 e. The maximum Gasteiger partial charge on any atom is 0.214 e. The lowest BCUT2D eigenvalue weighted by atomic mass is 10.0. The first-order valence-electron chi connectivity index (χ1n) is 7.52. The van der Waals surface area contributed by atoms with Gasteiger partial charge in [0.2, 0.25) is 10.0 Å². The Morgan fingerprint density at radius 2 is 2.19 bits per heavy atom. The van der Waals surface area contributed by atoms with E-state index in [4.69, 9.17) is 4.74 Å². The van der Waals surface area contributed by atoms with Crippen LogP contribution in [0.25, 0.3) is 0 Å². The number of hydrogen-bond donors (Lipinski definition) is 0. The molecule has 1 aliphatic heterocycles. The second-order valence-electron chi connectivity index (χ2n) is 5.52. The molecular formula is C14H25N3O3S. The summed E-state index contributed by atoms with van der Waals surface area (Å²) in [6.07, 6.45) is 6.02. The minimum Gasteiger partial charge on any atom is -0.385 e. The van der Waals surface area contributed by atoms with Crippen LogP contribution in [0.5, 0.6) is 0 Å². The van der Waals surface area contributed by atoms with Gasteiger partial charge in [-0.15, -0.1) is 0 Å². The minimum absolute atomic E-state index is 0.0707. The first-order chi connectivity index (χ1) is 10.1. The number of piperidine rings is 1. The first-order valence-corrected chi connectivity index (χ1v) is 9.13. The molecule has 1 aromatic heterocycles. The van der Waals surface area contributed by atoms with Crippen molar-refractivity contribution in [2.75, 3.05) is 26.0 Å². The van der Waals surface area contributed by atoms with Crippen LogP contribution in [0.15, 0.2) is 12.3 Å². The number of hydrogen-bond acceptors (Lipinski definition) is 4. The predicted molar refractivity (Wildman–Crippen MR) is 81.4 cm³/mol. The second kappa shape index (κ2) is 7.38. The standard InChI is InChI=1S/C14H25N3O3S/c1-16-13(8-9-15-16)14-7-3-4-10-17(14)21(18,19)12-6-5-11-20-2/h8-9,14H,3-7,10-12H2,1-2H3. The Bertz CT molecular complexity index is 541.